The van der Waals surface area contributed by atoms with E-state index in [2.05, 4.69) is 6.07 Å². The van der Waals surface area contributed by atoms with Crippen LogP contribution in [0.4, 0.5) is 0 Å². The minimum Gasteiger partial charge on any atom is -0.369 e. The van der Waals surface area contributed by atoms with Crippen molar-refractivity contribution >= 4 is 11.8 Å². The van der Waals surface area contributed by atoms with Crippen LogP contribution in [-0.2, 0) is 9.59 Å². The second-order valence-electron chi connectivity index (χ2n) is 6.55. The summed E-state index contributed by atoms with van der Waals surface area (Å²) in [5.74, 6) is -0.120. The van der Waals surface area contributed by atoms with Gasteiger partial charge in [0.15, 0.2) is 0 Å². The number of carbonyl (C=O) groups is 2. The fourth-order valence-electron chi connectivity index (χ4n) is 3.34. The highest BCUT2D eigenvalue weighted by molar-refractivity contribution is 5.79. The SMILES string of the molecule is C[C@@]1(C#N)CCCN(C(=O)C2CCN(CC(N)=O)CC2)C1. The van der Waals surface area contributed by atoms with E-state index >= 15 is 0 Å². The molecule has 6 heteroatoms. The molecule has 0 unspecified atom stereocenters. The molecule has 0 aromatic heterocycles. The monoisotopic (exact) mass is 292 g/mol. The van der Waals surface area contributed by atoms with E-state index in [0.717, 1.165) is 45.3 Å². The van der Waals surface area contributed by atoms with E-state index in [1.54, 1.807) is 0 Å². The van der Waals surface area contributed by atoms with Gasteiger partial charge >= 0.3 is 0 Å². The number of nitrogens with zero attached hydrogens (tertiary/aromatic N) is 3. The Morgan fingerprint density at radius 2 is 2.00 bits per heavy atom. The largest absolute Gasteiger partial charge is 0.369 e. The van der Waals surface area contributed by atoms with Gasteiger partial charge in [0, 0.05) is 19.0 Å². The van der Waals surface area contributed by atoms with Crippen molar-refractivity contribution in [2.75, 3.05) is 32.7 Å². The summed E-state index contributed by atoms with van der Waals surface area (Å²) in [7, 11) is 0. The molecule has 0 aromatic carbocycles. The molecule has 2 saturated heterocycles. The van der Waals surface area contributed by atoms with Gasteiger partial charge in [0.25, 0.3) is 0 Å². The lowest BCUT2D eigenvalue weighted by Crippen LogP contribution is -2.49. The van der Waals surface area contributed by atoms with Crippen molar-refractivity contribution in [3.8, 4) is 6.07 Å². The number of amides is 2. The third-order valence-corrected chi connectivity index (χ3v) is 4.59. The highest BCUT2D eigenvalue weighted by Gasteiger charge is 2.36. The lowest BCUT2D eigenvalue weighted by Gasteiger charge is -2.39. The number of hydrogen-bond donors (Lipinski definition) is 1. The standard InChI is InChI=1S/C15H24N4O2/c1-15(10-16)5-2-6-19(11-15)14(21)12-3-7-18(8-4-12)9-13(17)20/h12H,2-9,11H2,1H3,(H2,17,20)/t15-/m0/s1. The lowest BCUT2D eigenvalue weighted by atomic mass is 9.82. The van der Waals surface area contributed by atoms with E-state index in [9.17, 15) is 14.9 Å². The number of primary amides is 1. The van der Waals surface area contributed by atoms with Crippen molar-refractivity contribution in [2.24, 2.45) is 17.1 Å². The summed E-state index contributed by atoms with van der Waals surface area (Å²) >= 11 is 0. The molecule has 1 atom stereocenters. The van der Waals surface area contributed by atoms with Crippen molar-refractivity contribution in [3.05, 3.63) is 0 Å². The van der Waals surface area contributed by atoms with Crippen molar-refractivity contribution in [3.63, 3.8) is 0 Å². The van der Waals surface area contributed by atoms with Gasteiger partial charge in [-0.3, -0.25) is 14.5 Å². The Hall–Kier alpha value is -1.61. The number of piperidine rings is 2. The Morgan fingerprint density at radius 3 is 2.57 bits per heavy atom. The minimum atomic E-state index is -0.402. The normalized spacial score (nSPS) is 28.1. The van der Waals surface area contributed by atoms with E-state index in [4.69, 9.17) is 5.73 Å². The van der Waals surface area contributed by atoms with Gasteiger partial charge in [-0.05, 0) is 45.7 Å². The topological polar surface area (TPSA) is 90.4 Å². The average Bonchev–Trinajstić information content (AvgIpc) is 2.47. The highest BCUT2D eigenvalue weighted by Crippen LogP contribution is 2.30. The quantitative estimate of drug-likeness (QED) is 0.812. The smallest absolute Gasteiger partial charge is 0.231 e. The Bertz CT molecular complexity index is 451. The Labute approximate surface area is 125 Å². The molecule has 2 aliphatic heterocycles. The van der Waals surface area contributed by atoms with Gasteiger partial charge in [0.1, 0.15) is 0 Å². The van der Waals surface area contributed by atoms with E-state index < -0.39 is 5.41 Å². The van der Waals surface area contributed by atoms with Crippen LogP contribution in [0.25, 0.3) is 0 Å². The summed E-state index contributed by atoms with van der Waals surface area (Å²) in [4.78, 5) is 27.4. The molecule has 0 aromatic rings. The molecule has 6 nitrogen and oxygen atoms in total. The molecule has 2 N–H and O–H groups in total. The van der Waals surface area contributed by atoms with Gasteiger partial charge in [-0.25, -0.2) is 0 Å². The first-order valence-electron chi connectivity index (χ1n) is 7.64. The minimum absolute atomic E-state index is 0.0233. The maximum absolute atomic E-state index is 12.6. The molecule has 2 rings (SSSR count). The van der Waals surface area contributed by atoms with Crippen LogP contribution in [0.3, 0.4) is 0 Å². The number of nitriles is 1. The van der Waals surface area contributed by atoms with Crippen LogP contribution in [0.5, 0.6) is 0 Å². The molecule has 0 bridgehead atoms. The summed E-state index contributed by atoms with van der Waals surface area (Å²) in [6.45, 7) is 4.99. The van der Waals surface area contributed by atoms with E-state index in [1.807, 2.05) is 16.7 Å². The molecular formula is C15H24N4O2. The summed E-state index contributed by atoms with van der Waals surface area (Å²) in [6.07, 6.45) is 3.30. The Kier molecular flexibility index (Phi) is 4.84. The fourth-order valence-corrected chi connectivity index (χ4v) is 3.34. The maximum Gasteiger partial charge on any atom is 0.231 e. The number of likely N-dealkylation sites (tertiary alicyclic amines) is 2. The molecule has 0 radical (unpaired) electrons. The van der Waals surface area contributed by atoms with Crippen LogP contribution in [0.1, 0.15) is 32.6 Å². The first kappa shape index (κ1) is 15.8. The van der Waals surface area contributed by atoms with Crippen LogP contribution in [0.15, 0.2) is 0 Å². The van der Waals surface area contributed by atoms with Crippen LogP contribution in [-0.4, -0.2) is 54.3 Å². The van der Waals surface area contributed by atoms with Crippen LogP contribution in [0.2, 0.25) is 0 Å². The maximum atomic E-state index is 12.6. The zero-order valence-corrected chi connectivity index (χ0v) is 12.7. The van der Waals surface area contributed by atoms with Crippen molar-refractivity contribution in [1.82, 2.24) is 9.80 Å². The predicted octanol–water partition coefficient (Wildman–Crippen LogP) is 0.336. The van der Waals surface area contributed by atoms with Gasteiger partial charge in [-0.15, -0.1) is 0 Å². The molecule has 0 saturated carbocycles. The number of carbonyl (C=O) groups excluding carboxylic acids is 2. The predicted molar refractivity (Wildman–Crippen MR) is 77.9 cm³/mol. The van der Waals surface area contributed by atoms with Gasteiger partial charge in [0.05, 0.1) is 18.0 Å². The second-order valence-corrected chi connectivity index (χ2v) is 6.55. The van der Waals surface area contributed by atoms with Crippen LogP contribution < -0.4 is 5.73 Å². The van der Waals surface area contributed by atoms with Gasteiger partial charge in [-0.2, -0.15) is 5.26 Å². The Morgan fingerprint density at radius 1 is 1.33 bits per heavy atom. The average molecular weight is 292 g/mol. The van der Waals surface area contributed by atoms with Crippen molar-refractivity contribution in [1.29, 1.82) is 5.26 Å². The van der Waals surface area contributed by atoms with Gasteiger partial charge in [0.2, 0.25) is 11.8 Å². The van der Waals surface area contributed by atoms with Crippen LogP contribution >= 0.6 is 0 Å². The second kappa shape index (κ2) is 6.44. The number of nitrogens with two attached hydrogens (primary N) is 1. The van der Waals surface area contributed by atoms with Gasteiger partial charge in [-0.1, -0.05) is 0 Å². The molecule has 2 fully saturated rings. The highest BCUT2D eigenvalue weighted by atomic mass is 16.2. The van der Waals surface area contributed by atoms with Gasteiger partial charge < -0.3 is 10.6 Å². The lowest BCUT2D eigenvalue weighted by molar-refractivity contribution is -0.139. The number of rotatable bonds is 3. The zero-order chi connectivity index (χ0) is 15.5. The summed E-state index contributed by atoms with van der Waals surface area (Å²) in [5.41, 5.74) is 4.79. The molecule has 2 heterocycles. The summed E-state index contributed by atoms with van der Waals surface area (Å²) in [5, 5.41) is 9.24. The van der Waals surface area contributed by atoms with E-state index in [-0.39, 0.29) is 24.3 Å². The fraction of sp³-hybridized carbons (Fsp3) is 0.800. The molecule has 21 heavy (non-hydrogen) atoms. The molecule has 2 aliphatic rings. The third kappa shape index (κ3) is 3.94. The molecule has 0 spiro atoms. The first-order chi connectivity index (χ1) is 9.93. The molecule has 2 amide bonds. The molecule has 116 valence electrons. The Balaban J connectivity index is 1.87. The van der Waals surface area contributed by atoms with E-state index in [1.165, 1.54) is 0 Å². The number of hydrogen-bond acceptors (Lipinski definition) is 4. The summed E-state index contributed by atoms with van der Waals surface area (Å²) in [6, 6.07) is 2.34. The molecular weight excluding hydrogens is 268 g/mol. The molecule has 0 aliphatic carbocycles. The van der Waals surface area contributed by atoms with Crippen molar-refractivity contribution < 1.29 is 9.59 Å². The first-order valence-corrected chi connectivity index (χ1v) is 7.64. The van der Waals surface area contributed by atoms with E-state index in [0.29, 0.717) is 6.54 Å². The third-order valence-electron chi connectivity index (χ3n) is 4.59. The zero-order valence-electron chi connectivity index (χ0n) is 12.7. The summed E-state index contributed by atoms with van der Waals surface area (Å²) < 4.78 is 0. The van der Waals surface area contributed by atoms with Crippen LogP contribution in [0, 0.1) is 22.7 Å². The van der Waals surface area contributed by atoms with Crippen molar-refractivity contribution in [2.45, 2.75) is 32.6 Å².